The van der Waals surface area contributed by atoms with Crippen molar-refractivity contribution in [2.24, 2.45) is 11.7 Å². The van der Waals surface area contributed by atoms with Crippen molar-refractivity contribution in [3.05, 3.63) is 51.7 Å². The number of esters is 1. The topological polar surface area (TPSA) is 258 Å². The van der Waals surface area contributed by atoms with Crippen LogP contribution in [0.25, 0.3) is 0 Å². The predicted molar refractivity (Wildman–Crippen MR) is 161 cm³/mol. The second-order valence-electron chi connectivity index (χ2n) is 10.3. The van der Waals surface area contributed by atoms with Gasteiger partial charge in [-0.15, -0.1) is 11.3 Å². The van der Waals surface area contributed by atoms with E-state index in [1.807, 2.05) is 13.8 Å². The fourth-order valence-electron chi connectivity index (χ4n) is 3.36. The van der Waals surface area contributed by atoms with Crippen LogP contribution in [0.3, 0.4) is 0 Å². The maximum atomic E-state index is 12.9. The Hall–Kier alpha value is -5.25. The van der Waals surface area contributed by atoms with E-state index in [1.54, 1.807) is 48.3 Å². The van der Waals surface area contributed by atoms with Crippen molar-refractivity contribution in [2.75, 3.05) is 7.05 Å². The molecule has 278 valence electrons. The summed E-state index contributed by atoms with van der Waals surface area (Å²) < 4.78 is 68.8. The largest absolute Gasteiger partial charge is 0.490 e. The molecule has 0 aliphatic carbocycles. The number of carbonyl (C=O) groups is 6. The first-order valence-corrected chi connectivity index (χ1v) is 14.4. The molecule has 1 aromatic heterocycles. The summed E-state index contributed by atoms with van der Waals surface area (Å²) in [4.78, 5) is 68.4. The van der Waals surface area contributed by atoms with Crippen molar-refractivity contribution >= 4 is 52.9 Å². The molecule has 0 aliphatic rings. The summed E-state index contributed by atoms with van der Waals surface area (Å²) in [5, 5.41) is 42.2. The Labute approximate surface area is 282 Å². The number of hydrogen-bond acceptors (Lipinski definition) is 10. The number of halogens is 6. The van der Waals surface area contributed by atoms with E-state index >= 15 is 0 Å². The Morgan fingerprint density at radius 3 is 1.76 bits per heavy atom. The molecule has 1 heterocycles. The summed E-state index contributed by atoms with van der Waals surface area (Å²) in [6, 6.07) is 7.34. The molecule has 0 saturated heterocycles. The van der Waals surface area contributed by atoms with Gasteiger partial charge in [-0.2, -0.15) is 26.3 Å². The van der Waals surface area contributed by atoms with Crippen LogP contribution in [0.4, 0.5) is 26.3 Å². The number of amides is 1. The van der Waals surface area contributed by atoms with Gasteiger partial charge in [0.05, 0.1) is 12.5 Å². The molecule has 50 heavy (non-hydrogen) atoms. The lowest BCUT2D eigenvalue weighted by Crippen LogP contribution is -2.51. The number of amidine groups is 1. The molecule has 0 spiro atoms. The number of likely N-dealkylation sites (N-methyl/N-ethyl adjacent to an activating group) is 1. The molecule has 2 rings (SSSR count). The first-order valence-electron chi connectivity index (χ1n) is 13.6. The molecule has 1 aromatic carbocycles. The van der Waals surface area contributed by atoms with Crippen LogP contribution in [0.1, 0.15) is 46.8 Å². The van der Waals surface area contributed by atoms with Gasteiger partial charge in [0.15, 0.2) is 0 Å². The van der Waals surface area contributed by atoms with Gasteiger partial charge in [0, 0.05) is 17.0 Å². The Balaban J connectivity index is 0.00000143. The van der Waals surface area contributed by atoms with Crippen LogP contribution in [0.2, 0.25) is 0 Å². The molecule has 0 fully saturated rings. The highest BCUT2D eigenvalue weighted by atomic mass is 32.1. The third-order valence-electron chi connectivity index (χ3n) is 5.65. The minimum absolute atomic E-state index is 0.0929. The molecule has 0 bridgehead atoms. The highest BCUT2D eigenvalue weighted by Crippen LogP contribution is 2.23. The lowest BCUT2D eigenvalue weighted by atomic mass is 10.0. The number of nitrogen functional groups attached to an aromatic ring is 1. The van der Waals surface area contributed by atoms with Gasteiger partial charge >= 0.3 is 42.2 Å². The van der Waals surface area contributed by atoms with E-state index in [0.717, 1.165) is 4.88 Å². The summed E-state index contributed by atoms with van der Waals surface area (Å²) in [6.07, 6.45) is -10.5. The van der Waals surface area contributed by atoms with Crippen LogP contribution >= 0.6 is 11.3 Å². The normalized spacial score (nSPS) is 12.3. The monoisotopic (exact) mass is 746 g/mol. The van der Waals surface area contributed by atoms with Crippen molar-refractivity contribution in [3.8, 4) is 5.75 Å². The number of benzene rings is 1. The summed E-state index contributed by atoms with van der Waals surface area (Å²) >= 11 is 1.20. The molecule has 0 saturated carbocycles. The second kappa shape index (κ2) is 19.7. The van der Waals surface area contributed by atoms with Gasteiger partial charge in [-0.1, -0.05) is 13.8 Å². The first-order chi connectivity index (χ1) is 22.8. The number of carboxylic acids is 4. The molecule has 2 aromatic rings. The van der Waals surface area contributed by atoms with Gasteiger partial charge in [0.2, 0.25) is 5.91 Å². The van der Waals surface area contributed by atoms with Crippen LogP contribution in [0, 0.1) is 11.3 Å². The van der Waals surface area contributed by atoms with Gasteiger partial charge in [-0.05, 0) is 55.8 Å². The number of thiophene rings is 1. The third-order valence-corrected chi connectivity index (χ3v) is 6.70. The minimum Gasteiger partial charge on any atom is -0.481 e. The fraction of sp³-hybridized carbons (Fsp3) is 0.393. The lowest BCUT2D eigenvalue weighted by molar-refractivity contribution is -0.193. The SMILES string of the molecule is CC(C)CC(C(=O)N[C@@H](CC(=O)O)C(=O)O)N(C)Cc1ccc(C(=O)Oc2ccc(C(=N)N)cc2)s1.O=C(O)C(F)(F)F.O=C(O)C(F)(F)F. The van der Waals surface area contributed by atoms with E-state index in [1.165, 1.54) is 11.3 Å². The Morgan fingerprint density at radius 2 is 1.38 bits per heavy atom. The van der Waals surface area contributed by atoms with Crippen LogP contribution in [0.5, 0.6) is 5.75 Å². The highest BCUT2D eigenvalue weighted by molar-refractivity contribution is 7.13. The molecule has 0 radical (unpaired) electrons. The first kappa shape index (κ1) is 44.8. The third kappa shape index (κ3) is 17.2. The van der Waals surface area contributed by atoms with Crippen LogP contribution in [-0.4, -0.2) is 98.4 Å². The molecule has 15 nitrogen and oxygen atoms in total. The number of hydrogen-bond donors (Lipinski definition) is 7. The summed E-state index contributed by atoms with van der Waals surface area (Å²) in [5.74, 6) is -9.08. The maximum absolute atomic E-state index is 12.9. The zero-order valence-electron chi connectivity index (χ0n) is 26.2. The highest BCUT2D eigenvalue weighted by Gasteiger charge is 2.39. The number of alkyl halides is 6. The van der Waals surface area contributed by atoms with Crippen molar-refractivity contribution in [1.29, 1.82) is 5.41 Å². The number of ether oxygens (including phenoxy) is 1. The van der Waals surface area contributed by atoms with Crippen molar-refractivity contribution < 1.29 is 80.3 Å². The maximum Gasteiger partial charge on any atom is 0.490 e. The molecular weight excluding hydrogens is 714 g/mol. The average Bonchev–Trinajstić information content (AvgIpc) is 3.43. The number of carbonyl (C=O) groups excluding carboxylic acids is 2. The smallest absolute Gasteiger partial charge is 0.481 e. The molecule has 1 unspecified atom stereocenters. The fourth-order valence-corrected chi connectivity index (χ4v) is 4.31. The molecule has 0 aliphatic heterocycles. The van der Waals surface area contributed by atoms with Crippen molar-refractivity contribution in [1.82, 2.24) is 10.2 Å². The molecule has 2 atom stereocenters. The number of nitrogens with one attached hydrogen (secondary N) is 2. The number of carboxylic acid groups (broad SMARTS) is 4. The predicted octanol–water partition coefficient (Wildman–Crippen LogP) is 3.41. The van der Waals surface area contributed by atoms with Gasteiger partial charge < -0.3 is 36.2 Å². The molecule has 8 N–H and O–H groups in total. The Kier molecular flexibility index (Phi) is 17.6. The van der Waals surface area contributed by atoms with Gasteiger partial charge in [-0.25, -0.2) is 19.2 Å². The Bertz CT molecular complexity index is 1490. The number of nitrogens with two attached hydrogens (primary N) is 1. The van der Waals surface area contributed by atoms with Crippen LogP contribution < -0.4 is 15.8 Å². The van der Waals surface area contributed by atoms with Crippen molar-refractivity contribution in [3.63, 3.8) is 0 Å². The zero-order chi connectivity index (χ0) is 39.1. The summed E-state index contributed by atoms with van der Waals surface area (Å²) in [5.41, 5.74) is 5.93. The molecule has 22 heteroatoms. The Morgan fingerprint density at radius 1 is 0.900 bits per heavy atom. The number of nitrogens with zero attached hydrogens (tertiary/aromatic N) is 1. The lowest BCUT2D eigenvalue weighted by Gasteiger charge is -2.29. The summed E-state index contributed by atoms with van der Waals surface area (Å²) in [6.45, 7) is 4.14. The number of aliphatic carboxylic acids is 4. The van der Waals surface area contributed by atoms with E-state index < -0.39 is 66.6 Å². The van der Waals surface area contributed by atoms with E-state index in [9.17, 15) is 50.6 Å². The van der Waals surface area contributed by atoms with Gasteiger partial charge in [0.25, 0.3) is 0 Å². The zero-order valence-corrected chi connectivity index (χ0v) is 27.0. The van der Waals surface area contributed by atoms with Gasteiger partial charge in [-0.3, -0.25) is 19.9 Å². The van der Waals surface area contributed by atoms with Crippen molar-refractivity contribution in [2.45, 2.75) is 57.7 Å². The quantitative estimate of drug-likeness (QED) is 0.0511. The van der Waals surface area contributed by atoms with E-state index in [4.69, 9.17) is 40.8 Å². The molecular formula is C28H32F6N4O11S. The minimum atomic E-state index is -5.08. The van der Waals surface area contributed by atoms with E-state index in [-0.39, 0.29) is 11.8 Å². The van der Waals surface area contributed by atoms with E-state index in [2.05, 4.69) is 5.32 Å². The summed E-state index contributed by atoms with van der Waals surface area (Å²) in [7, 11) is 1.70. The second-order valence-corrected chi connectivity index (χ2v) is 11.4. The standard InChI is InChI=1S/C24H30N4O7S.2C2HF3O2/c1-13(2)10-18(22(31)27-17(23(32)33)11-20(29)30)28(3)12-16-8-9-19(36-16)24(34)35-15-6-4-14(5-7-15)21(25)26;2*3-2(4,5)1(6)7/h4-9,13,17-18H,10-12H2,1-3H3,(H3,25,26)(H,27,31)(H,29,30)(H,32,33);2*(H,6,7)/t17-,18?;;/m0../s1. The van der Waals surface area contributed by atoms with Crippen LogP contribution in [0.15, 0.2) is 36.4 Å². The van der Waals surface area contributed by atoms with E-state index in [0.29, 0.717) is 29.2 Å². The van der Waals surface area contributed by atoms with Crippen LogP contribution in [-0.2, 0) is 30.5 Å². The average molecular weight is 747 g/mol. The number of rotatable bonds is 13. The van der Waals surface area contributed by atoms with Gasteiger partial charge in [0.1, 0.15) is 22.5 Å². The molecule has 1 amide bonds.